The van der Waals surface area contributed by atoms with Crippen molar-refractivity contribution in [1.29, 1.82) is 0 Å². The molecule has 0 saturated heterocycles. The number of nitrogens with two attached hydrogens (primary N) is 1. The van der Waals surface area contributed by atoms with Crippen molar-refractivity contribution >= 4 is 16.9 Å². The zero-order valence-electron chi connectivity index (χ0n) is 12.9. The molecule has 1 aromatic heterocycles. The number of hydrogen-bond acceptors (Lipinski definition) is 4. The van der Waals surface area contributed by atoms with Crippen LogP contribution >= 0.6 is 0 Å². The van der Waals surface area contributed by atoms with Gasteiger partial charge in [-0.1, -0.05) is 0 Å². The lowest BCUT2D eigenvalue weighted by Gasteiger charge is -2.16. The maximum Gasteiger partial charge on any atom is 0.341 e. The third-order valence-corrected chi connectivity index (χ3v) is 3.83. The number of ether oxygens (including phenoxy) is 1. The number of rotatable bonds is 5. The van der Waals surface area contributed by atoms with Gasteiger partial charge in [-0.25, -0.2) is 13.6 Å². The first-order chi connectivity index (χ1) is 11.3. The molecular weight excluding hydrogens is 322 g/mol. The molecule has 1 heterocycles. The van der Waals surface area contributed by atoms with Crippen molar-refractivity contribution in [2.45, 2.75) is 31.8 Å². The Labute approximate surface area is 135 Å². The second-order valence-corrected chi connectivity index (χ2v) is 6.00. The lowest BCUT2D eigenvalue weighted by Crippen LogP contribution is -2.25. The maximum absolute atomic E-state index is 14.8. The summed E-state index contributed by atoms with van der Waals surface area (Å²) in [5.41, 5.74) is 3.94. The highest BCUT2D eigenvalue weighted by Crippen LogP contribution is 2.39. The van der Waals surface area contributed by atoms with Crippen molar-refractivity contribution in [3.05, 3.63) is 39.7 Å². The highest BCUT2D eigenvalue weighted by Gasteiger charge is 2.30. The fourth-order valence-corrected chi connectivity index (χ4v) is 2.56. The first-order valence-corrected chi connectivity index (χ1v) is 7.49. The van der Waals surface area contributed by atoms with Crippen LogP contribution in [-0.2, 0) is 0 Å². The standard InChI is InChI=1S/C16H16F2N2O4/c1-7(19)6-24-15-11(17)4-9-13(12(15)18)20(8-2-3-8)5-10(14(9)21)16(22)23/h4-5,7-8H,2-3,6,19H2,1H3,(H,22,23)/t7-/m1/s1. The summed E-state index contributed by atoms with van der Waals surface area (Å²) in [4.78, 5) is 23.5. The Bertz CT molecular complexity index is 888. The molecule has 0 spiro atoms. The Morgan fingerprint density at radius 2 is 2.17 bits per heavy atom. The number of carbonyl (C=O) groups is 1. The minimum absolute atomic E-state index is 0.0970. The lowest BCUT2D eigenvalue weighted by atomic mass is 10.1. The molecule has 128 valence electrons. The van der Waals surface area contributed by atoms with E-state index in [1.54, 1.807) is 6.92 Å². The number of pyridine rings is 1. The molecule has 1 atom stereocenters. The van der Waals surface area contributed by atoms with Gasteiger partial charge < -0.3 is 20.1 Å². The van der Waals surface area contributed by atoms with E-state index in [1.165, 1.54) is 4.57 Å². The summed E-state index contributed by atoms with van der Waals surface area (Å²) in [6.45, 7) is 1.52. The molecule has 1 aliphatic carbocycles. The molecule has 1 saturated carbocycles. The summed E-state index contributed by atoms with van der Waals surface area (Å²) in [5.74, 6) is -4.14. The zero-order valence-corrected chi connectivity index (χ0v) is 12.9. The quantitative estimate of drug-likeness (QED) is 0.870. The number of fused-ring (bicyclic) bond motifs is 1. The first-order valence-electron chi connectivity index (χ1n) is 7.49. The van der Waals surface area contributed by atoms with Gasteiger partial charge in [-0.05, 0) is 25.8 Å². The second-order valence-electron chi connectivity index (χ2n) is 6.00. The van der Waals surface area contributed by atoms with Crippen molar-refractivity contribution in [2.24, 2.45) is 5.73 Å². The van der Waals surface area contributed by atoms with Gasteiger partial charge in [0.15, 0.2) is 17.4 Å². The molecule has 0 aliphatic heterocycles. The molecule has 1 aromatic carbocycles. The Morgan fingerprint density at radius 1 is 1.50 bits per heavy atom. The summed E-state index contributed by atoms with van der Waals surface area (Å²) < 4.78 is 35.5. The third kappa shape index (κ3) is 2.73. The van der Waals surface area contributed by atoms with Crippen LogP contribution in [0.5, 0.6) is 5.75 Å². The summed E-state index contributed by atoms with van der Waals surface area (Å²) in [5, 5.41) is 8.84. The van der Waals surface area contributed by atoms with Crippen molar-refractivity contribution in [3.8, 4) is 5.75 Å². The first kappa shape index (κ1) is 16.4. The molecule has 6 nitrogen and oxygen atoms in total. The number of aromatic carboxylic acids is 1. The van der Waals surface area contributed by atoms with Crippen molar-refractivity contribution < 1.29 is 23.4 Å². The molecule has 1 fully saturated rings. The largest absolute Gasteiger partial charge is 0.486 e. The number of nitrogens with zero attached hydrogens (tertiary/aromatic N) is 1. The van der Waals surface area contributed by atoms with Crippen LogP contribution in [0, 0.1) is 11.6 Å². The molecule has 8 heteroatoms. The van der Waals surface area contributed by atoms with E-state index in [2.05, 4.69) is 0 Å². The number of halogens is 2. The molecule has 3 rings (SSSR count). The lowest BCUT2D eigenvalue weighted by molar-refractivity contribution is 0.0695. The molecule has 0 unspecified atom stereocenters. The van der Waals surface area contributed by atoms with Gasteiger partial charge in [0.1, 0.15) is 12.2 Å². The maximum atomic E-state index is 14.8. The van der Waals surface area contributed by atoms with E-state index >= 15 is 0 Å². The van der Waals surface area contributed by atoms with Crippen LogP contribution in [0.25, 0.3) is 10.9 Å². The number of carboxylic acids is 1. The number of hydrogen-bond donors (Lipinski definition) is 2. The summed E-state index contributed by atoms with van der Waals surface area (Å²) in [7, 11) is 0. The SMILES string of the molecule is C[C@@H](N)COc1c(F)cc2c(=O)c(C(=O)O)cn(C3CC3)c2c1F. The van der Waals surface area contributed by atoms with Gasteiger partial charge in [-0.2, -0.15) is 0 Å². The van der Waals surface area contributed by atoms with E-state index in [4.69, 9.17) is 15.6 Å². The normalized spacial score (nSPS) is 15.5. The van der Waals surface area contributed by atoms with Crippen LogP contribution in [0.2, 0.25) is 0 Å². The molecule has 0 radical (unpaired) electrons. The van der Waals surface area contributed by atoms with Crippen molar-refractivity contribution in [3.63, 3.8) is 0 Å². The summed E-state index contributed by atoms with van der Waals surface area (Å²) in [6.07, 6.45) is 2.56. The minimum atomic E-state index is -1.44. The Morgan fingerprint density at radius 3 is 2.71 bits per heavy atom. The highest BCUT2D eigenvalue weighted by molar-refractivity contribution is 5.93. The fourth-order valence-electron chi connectivity index (χ4n) is 2.56. The molecule has 0 amide bonds. The third-order valence-electron chi connectivity index (χ3n) is 3.83. The van der Waals surface area contributed by atoms with E-state index in [0.29, 0.717) is 0 Å². The average Bonchev–Trinajstić information content (AvgIpc) is 3.32. The van der Waals surface area contributed by atoms with E-state index < -0.39 is 40.4 Å². The van der Waals surface area contributed by atoms with Gasteiger partial charge in [0.05, 0.1) is 10.9 Å². The van der Waals surface area contributed by atoms with Gasteiger partial charge in [0.25, 0.3) is 0 Å². The number of carboxylic acid groups (broad SMARTS) is 1. The van der Waals surface area contributed by atoms with Gasteiger partial charge in [0.2, 0.25) is 5.43 Å². The van der Waals surface area contributed by atoms with Crippen LogP contribution in [0.4, 0.5) is 8.78 Å². The van der Waals surface area contributed by atoms with E-state index in [0.717, 1.165) is 25.1 Å². The van der Waals surface area contributed by atoms with Crippen LogP contribution in [0.3, 0.4) is 0 Å². The Kier molecular flexibility index (Phi) is 4.00. The predicted molar refractivity (Wildman–Crippen MR) is 82.5 cm³/mol. The van der Waals surface area contributed by atoms with Crippen molar-refractivity contribution in [1.82, 2.24) is 4.57 Å². The summed E-state index contributed by atoms with van der Waals surface area (Å²) in [6, 6.07) is 0.273. The smallest absolute Gasteiger partial charge is 0.341 e. The van der Waals surface area contributed by atoms with Crippen LogP contribution in [-0.4, -0.2) is 28.3 Å². The van der Waals surface area contributed by atoms with Gasteiger partial charge >= 0.3 is 5.97 Å². The molecule has 2 aromatic rings. The molecular formula is C16H16F2N2O4. The molecule has 0 bridgehead atoms. The van der Waals surface area contributed by atoms with Crippen LogP contribution in [0.1, 0.15) is 36.2 Å². The zero-order chi connectivity index (χ0) is 17.6. The average molecular weight is 338 g/mol. The van der Waals surface area contributed by atoms with Crippen molar-refractivity contribution in [2.75, 3.05) is 6.61 Å². The molecule has 24 heavy (non-hydrogen) atoms. The predicted octanol–water partition coefficient (Wildman–Crippen LogP) is 2.04. The van der Waals surface area contributed by atoms with Gasteiger partial charge in [0, 0.05) is 18.3 Å². The van der Waals surface area contributed by atoms with Gasteiger partial charge in [-0.3, -0.25) is 4.79 Å². The Balaban J connectivity index is 2.30. The molecule has 3 N–H and O–H groups in total. The monoisotopic (exact) mass is 338 g/mol. The topological polar surface area (TPSA) is 94.6 Å². The van der Waals surface area contributed by atoms with E-state index in [-0.39, 0.29) is 23.6 Å². The van der Waals surface area contributed by atoms with Gasteiger partial charge in [-0.15, -0.1) is 0 Å². The minimum Gasteiger partial charge on any atom is -0.486 e. The molecule has 1 aliphatic rings. The van der Waals surface area contributed by atoms with E-state index in [1.807, 2.05) is 0 Å². The van der Waals surface area contributed by atoms with Crippen LogP contribution in [0.15, 0.2) is 17.1 Å². The second kappa shape index (κ2) is 5.86. The highest BCUT2D eigenvalue weighted by atomic mass is 19.1. The van der Waals surface area contributed by atoms with Crippen LogP contribution < -0.4 is 15.9 Å². The fraction of sp³-hybridized carbons (Fsp3) is 0.375. The number of aromatic nitrogens is 1. The Hall–Kier alpha value is -2.48. The van der Waals surface area contributed by atoms with E-state index in [9.17, 15) is 18.4 Å². The summed E-state index contributed by atoms with van der Waals surface area (Å²) >= 11 is 0. The number of benzene rings is 1.